The summed E-state index contributed by atoms with van der Waals surface area (Å²) in [6.07, 6.45) is 5.07. The molecule has 1 nitrogen and oxygen atoms in total. The molecule has 0 spiro atoms. The van der Waals surface area contributed by atoms with Gasteiger partial charge in [-0.3, -0.25) is 0 Å². The van der Waals surface area contributed by atoms with E-state index < -0.39 is 0 Å². The topological polar surface area (TPSA) is 20.2 Å². The third-order valence-electron chi connectivity index (χ3n) is 1.09. The fourth-order valence-corrected chi connectivity index (χ4v) is 0.443. The Morgan fingerprint density at radius 1 is 1.62 bits per heavy atom. The van der Waals surface area contributed by atoms with E-state index in [2.05, 4.69) is 6.08 Å². The minimum Gasteiger partial charge on any atom is -0.396 e. The van der Waals surface area contributed by atoms with Gasteiger partial charge in [0.05, 0.1) is 0 Å². The van der Waals surface area contributed by atoms with Crippen molar-refractivity contribution in [3.8, 4) is 0 Å². The van der Waals surface area contributed by atoms with Crippen LogP contribution >= 0.6 is 0 Å². The lowest BCUT2D eigenvalue weighted by Crippen LogP contribution is -1.97. The zero-order valence-electron chi connectivity index (χ0n) is 5.59. The summed E-state index contributed by atoms with van der Waals surface area (Å²) in [7, 11) is 0. The maximum Gasteiger partial charge on any atom is 0.0459 e. The highest BCUT2D eigenvalue weighted by atomic mass is 16.3. The number of allylic oxidation sites excluding steroid dienone is 2. The average molecular weight is 114 g/mol. The van der Waals surface area contributed by atoms with Gasteiger partial charge in [-0.05, 0) is 19.3 Å². The minimum absolute atomic E-state index is 0.296. The van der Waals surface area contributed by atoms with Crippen LogP contribution in [0.5, 0.6) is 0 Å². The molecule has 0 aromatic heterocycles. The molecule has 8 heavy (non-hydrogen) atoms. The molecule has 0 fully saturated rings. The van der Waals surface area contributed by atoms with Gasteiger partial charge in [0, 0.05) is 6.61 Å². The van der Waals surface area contributed by atoms with Crippen molar-refractivity contribution in [2.45, 2.75) is 20.3 Å². The Hall–Kier alpha value is -0.300. The van der Waals surface area contributed by atoms with E-state index in [1.165, 1.54) is 0 Å². The quantitative estimate of drug-likeness (QED) is 0.552. The molecule has 1 atom stereocenters. The van der Waals surface area contributed by atoms with Gasteiger partial charge in [0.2, 0.25) is 0 Å². The predicted octanol–water partition coefficient (Wildman–Crippen LogP) is 1.58. The molecule has 0 bridgehead atoms. The van der Waals surface area contributed by atoms with Crippen LogP contribution in [0.2, 0.25) is 0 Å². The first-order valence-electron chi connectivity index (χ1n) is 3.03. The highest BCUT2D eigenvalue weighted by Gasteiger charge is 1.92. The van der Waals surface area contributed by atoms with Crippen molar-refractivity contribution in [1.29, 1.82) is 0 Å². The largest absolute Gasteiger partial charge is 0.396 e. The molecule has 0 aliphatic rings. The molecule has 0 saturated heterocycles. The second-order valence-electron chi connectivity index (χ2n) is 2.09. The standard InChI is InChI=1S/C7H14O/c1-3-4-5-7(2)6-8/h3-4,7-8H,5-6H2,1-2H3/b4-3+. The third-order valence-corrected chi connectivity index (χ3v) is 1.09. The monoisotopic (exact) mass is 114 g/mol. The fourth-order valence-electron chi connectivity index (χ4n) is 0.443. The molecule has 0 amide bonds. The van der Waals surface area contributed by atoms with Crippen LogP contribution in [0.15, 0.2) is 12.2 Å². The maximum absolute atomic E-state index is 8.53. The summed E-state index contributed by atoms with van der Waals surface area (Å²) in [5.74, 6) is 0.422. The lowest BCUT2D eigenvalue weighted by molar-refractivity contribution is 0.239. The number of hydrogen-bond acceptors (Lipinski definition) is 1. The number of aliphatic hydroxyl groups excluding tert-OH is 1. The molecule has 0 heterocycles. The first-order valence-corrected chi connectivity index (χ1v) is 3.03. The van der Waals surface area contributed by atoms with Crippen molar-refractivity contribution >= 4 is 0 Å². The molecule has 0 aromatic rings. The molecular formula is C7H14O. The van der Waals surface area contributed by atoms with Gasteiger partial charge in [0.25, 0.3) is 0 Å². The zero-order valence-corrected chi connectivity index (χ0v) is 5.59. The molecule has 0 radical (unpaired) electrons. The van der Waals surface area contributed by atoms with Crippen molar-refractivity contribution in [3.05, 3.63) is 12.2 Å². The van der Waals surface area contributed by atoms with E-state index in [1.807, 2.05) is 19.9 Å². The van der Waals surface area contributed by atoms with Crippen molar-refractivity contribution in [1.82, 2.24) is 0 Å². The van der Waals surface area contributed by atoms with E-state index in [0.29, 0.717) is 12.5 Å². The van der Waals surface area contributed by atoms with Crippen LogP contribution < -0.4 is 0 Å². The molecule has 48 valence electrons. The molecule has 0 saturated carbocycles. The van der Waals surface area contributed by atoms with E-state index in [-0.39, 0.29) is 0 Å². The van der Waals surface area contributed by atoms with Gasteiger partial charge in [0.15, 0.2) is 0 Å². The van der Waals surface area contributed by atoms with E-state index in [4.69, 9.17) is 5.11 Å². The van der Waals surface area contributed by atoms with Gasteiger partial charge in [-0.1, -0.05) is 19.1 Å². The highest BCUT2D eigenvalue weighted by molar-refractivity contribution is 4.78. The second-order valence-corrected chi connectivity index (χ2v) is 2.09. The molecule has 1 unspecified atom stereocenters. The lowest BCUT2D eigenvalue weighted by atomic mass is 10.1. The molecule has 0 aromatic carbocycles. The predicted molar refractivity (Wildman–Crippen MR) is 35.7 cm³/mol. The smallest absolute Gasteiger partial charge is 0.0459 e. The molecular weight excluding hydrogens is 100 g/mol. The van der Waals surface area contributed by atoms with Crippen molar-refractivity contribution in [3.63, 3.8) is 0 Å². The number of rotatable bonds is 3. The van der Waals surface area contributed by atoms with E-state index in [1.54, 1.807) is 0 Å². The van der Waals surface area contributed by atoms with Crippen LogP contribution in [0.25, 0.3) is 0 Å². The molecule has 0 aliphatic heterocycles. The van der Waals surface area contributed by atoms with Gasteiger partial charge in [0.1, 0.15) is 0 Å². The third kappa shape index (κ3) is 3.88. The Morgan fingerprint density at radius 3 is 2.62 bits per heavy atom. The average Bonchev–Trinajstić information content (AvgIpc) is 1.83. The number of aliphatic hydroxyl groups is 1. The molecule has 0 aliphatic carbocycles. The Kier molecular flexibility index (Phi) is 4.67. The number of hydrogen-bond donors (Lipinski definition) is 1. The van der Waals surface area contributed by atoms with Gasteiger partial charge in [-0.15, -0.1) is 0 Å². The van der Waals surface area contributed by atoms with Gasteiger partial charge in [-0.25, -0.2) is 0 Å². The van der Waals surface area contributed by atoms with Crippen molar-refractivity contribution in [2.75, 3.05) is 6.61 Å². The van der Waals surface area contributed by atoms with E-state index in [9.17, 15) is 0 Å². The Morgan fingerprint density at radius 2 is 2.25 bits per heavy atom. The van der Waals surface area contributed by atoms with E-state index >= 15 is 0 Å². The van der Waals surface area contributed by atoms with Crippen molar-refractivity contribution in [2.24, 2.45) is 5.92 Å². The van der Waals surface area contributed by atoms with Crippen LogP contribution in [-0.2, 0) is 0 Å². The minimum atomic E-state index is 0.296. The summed E-state index contributed by atoms with van der Waals surface area (Å²) in [4.78, 5) is 0. The zero-order chi connectivity index (χ0) is 6.41. The SMILES string of the molecule is C/C=C/CC(C)CO. The summed E-state index contributed by atoms with van der Waals surface area (Å²) in [6.45, 7) is 4.31. The molecule has 1 heteroatoms. The van der Waals surface area contributed by atoms with E-state index in [0.717, 1.165) is 6.42 Å². The molecule has 1 N–H and O–H groups in total. The van der Waals surface area contributed by atoms with Crippen LogP contribution in [0.4, 0.5) is 0 Å². The van der Waals surface area contributed by atoms with Gasteiger partial charge >= 0.3 is 0 Å². The normalized spacial score (nSPS) is 14.9. The summed E-state index contributed by atoms with van der Waals surface area (Å²) in [5, 5.41) is 8.53. The Labute approximate surface area is 51.0 Å². The summed E-state index contributed by atoms with van der Waals surface area (Å²) < 4.78 is 0. The maximum atomic E-state index is 8.53. The molecule has 0 rings (SSSR count). The van der Waals surface area contributed by atoms with Crippen LogP contribution in [0.3, 0.4) is 0 Å². The summed E-state index contributed by atoms with van der Waals surface area (Å²) in [5.41, 5.74) is 0. The van der Waals surface area contributed by atoms with Crippen LogP contribution in [0, 0.1) is 5.92 Å². The Bertz CT molecular complexity index is 66.8. The first-order chi connectivity index (χ1) is 3.81. The van der Waals surface area contributed by atoms with Gasteiger partial charge in [-0.2, -0.15) is 0 Å². The first kappa shape index (κ1) is 7.70. The lowest BCUT2D eigenvalue weighted by Gasteiger charge is -2.00. The van der Waals surface area contributed by atoms with Crippen LogP contribution in [0.1, 0.15) is 20.3 Å². The van der Waals surface area contributed by atoms with Crippen LogP contribution in [-0.4, -0.2) is 11.7 Å². The highest BCUT2D eigenvalue weighted by Crippen LogP contribution is 1.99. The van der Waals surface area contributed by atoms with Crippen molar-refractivity contribution < 1.29 is 5.11 Å². The fraction of sp³-hybridized carbons (Fsp3) is 0.714. The summed E-state index contributed by atoms with van der Waals surface area (Å²) >= 11 is 0. The summed E-state index contributed by atoms with van der Waals surface area (Å²) in [6, 6.07) is 0. The second kappa shape index (κ2) is 4.85. The van der Waals surface area contributed by atoms with Gasteiger partial charge < -0.3 is 5.11 Å². The Balaban J connectivity index is 3.10.